The molecule has 1 aromatic carbocycles. The summed E-state index contributed by atoms with van der Waals surface area (Å²) in [4.78, 5) is 5.07. The Morgan fingerprint density at radius 1 is 1.16 bits per heavy atom. The Morgan fingerprint density at radius 2 is 2.00 bits per heavy atom. The van der Waals surface area contributed by atoms with Gasteiger partial charge in [-0.2, -0.15) is 0 Å². The van der Waals surface area contributed by atoms with Gasteiger partial charge in [0.15, 0.2) is 0 Å². The second-order valence-electron chi connectivity index (χ2n) is 4.06. The number of hydrogen-bond acceptors (Lipinski definition) is 3. The molecule has 0 aliphatic carbocycles. The minimum atomic E-state index is 0.479. The van der Waals surface area contributed by atoms with Crippen molar-refractivity contribution in [2.24, 2.45) is 0 Å². The van der Waals surface area contributed by atoms with Gasteiger partial charge in [-0.3, -0.25) is 0 Å². The summed E-state index contributed by atoms with van der Waals surface area (Å²) in [5.74, 6) is 0. The molecule has 0 saturated carbocycles. The summed E-state index contributed by atoms with van der Waals surface area (Å²) in [6, 6.07) is 11.8. The SMILES string of the molecule is Clc1cc(NCc2sc3ccccc3c2Cl)ccn1. The van der Waals surface area contributed by atoms with Crippen LogP contribution in [0.25, 0.3) is 10.1 Å². The number of halogens is 2. The number of fused-ring (bicyclic) bond motifs is 1. The first-order valence-electron chi connectivity index (χ1n) is 5.75. The van der Waals surface area contributed by atoms with Crippen LogP contribution < -0.4 is 5.32 Å². The van der Waals surface area contributed by atoms with Crippen LogP contribution >= 0.6 is 34.5 Å². The van der Waals surface area contributed by atoms with Crippen molar-refractivity contribution in [3.63, 3.8) is 0 Å². The van der Waals surface area contributed by atoms with E-state index in [1.54, 1.807) is 23.6 Å². The molecule has 0 unspecified atom stereocenters. The van der Waals surface area contributed by atoms with Crippen LogP contribution in [0.2, 0.25) is 10.2 Å². The molecule has 2 heterocycles. The summed E-state index contributed by atoms with van der Waals surface area (Å²) in [6.45, 7) is 0.679. The fourth-order valence-electron chi connectivity index (χ4n) is 1.87. The first kappa shape index (κ1) is 12.7. The summed E-state index contributed by atoms with van der Waals surface area (Å²) in [5.41, 5.74) is 0.938. The third-order valence-corrected chi connectivity index (χ3v) is 4.70. The Kier molecular flexibility index (Phi) is 3.60. The van der Waals surface area contributed by atoms with Crippen LogP contribution in [0, 0.1) is 0 Å². The zero-order chi connectivity index (χ0) is 13.2. The molecule has 96 valence electrons. The summed E-state index contributed by atoms with van der Waals surface area (Å²) in [5, 5.41) is 5.72. The Bertz CT molecular complexity index is 724. The summed E-state index contributed by atoms with van der Waals surface area (Å²) < 4.78 is 1.21. The quantitative estimate of drug-likeness (QED) is 0.671. The van der Waals surface area contributed by atoms with Crippen molar-refractivity contribution in [2.45, 2.75) is 6.54 Å². The molecule has 0 aliphatic rings. The predicted molar refractivity (Wildman–Crippen MR) is 83.4 cm³/mol. The van der Waals surface area contributed by atoms with E-state index >= 15 is 0 Å². The average molecular weight is 309 g/mol. The highest BCUT2D eigenvalue weighted by molar-refractivity contribution is 7.19. The molecule has 1 N–H and O–H groups in total. The lowest BCUT2D eigenvalue weighted by Crippen LogP contribution is -1.97. The van der Waals surface area contributed by atoms with Gasteiger partial charge in [0.1, 0.15) is 5.15 Å². The monoisotopic (exact) mass is 308 g/mol. The molecule has 0 fully saturated rings. The number of hydrogen-bond donors (Lipinski definition) is 1. The highest BCUT2D eigenvalue weighted by atomic mass is 35.5. The molecule has 2 nitrogen and oxygen atoms in total. The van der Waals surface area contributed by atoms with E-state index in [0.717, 1.165) is 21.0 Å². The van der Waals surface area contributed by atoms with Gasteiger partial charge in [-0.25, -0.2) is 4.98 Å². The number of nitrogens with one attached hydrogen (secondary N) is 1. The Balaban J connectivity index is 1.84. The van der Waals surface area contributed by atoms with E-state index in [4.69, 9.17) is 23.2 Å². The van der Waals surface area contributed by atoms with Crippen LogP contribution in [0.1, 0.15) is 4.88 Å². The maximum absolute atomic E-state index is 6.39. The smallest absolute Gasteiger partial charge is 0.131 e. The molecule has 5 heteroatoms. The van der Waals surface area contributed by atoms with E-state index in [-0.39, 0.29) is 0 Å². The predicted octanol–water partition coefficient (Wildman–Crippen LogP) is 5.22. The molecule has 0 amide bonds. The van der Waals surface area contributed by atoms with Crippen molar-refractivity contribution in [1.29, 1.82) is 0 Å². The number of aromatic nitrogens is 1. The number of pyridine rings is 1. The second-order valence-corrected chi connectivity index (χ2v) is 5.96. The van der Waals surface area contributed by atoms with E-state index in [0.29, 0.717) is 11.7 Å². The Morgan fingerprint density at radius 3 is 2.79 bits per heavy atom. The summed E-state index contributed by atoms with van der Waals surface area (Å²) >= 11 is 13.9. The van der Waals surface area contributed by atoms with Crippen molar-refractivity contribution in [3.8, 4) is 0 Å². The van der Waals surface area contributed by atoms with Gasteiger partial charge in [0, 0.05) is 26.8 Å². The highest BCUT2D eigenvalue weighted by Crippen LogP contribution is 2.35. The fraction of sp³-hybridized carbons (Fsp3) is 0.0714. The number of rotatable bonds is 3. The molecule has 2 aromatic heterocycles. The maximum Gasteiger partial charge on any atom is 0.131 e. The molecule has 19 heavy (non-hydrogen) atoms. The van der Waals surface area contributed by atoms with Crippen LogP contribution in [0.15, 0.2) is 42.6 Å². The van der Waals surface area contributed by atoms with Crippen LogP contribution in [-0.4, -0.2) is 4.98 Å². The molecule has 0 radical (unpaired) electrons. The van der Waals surface area contributed by atoms with Crippen LogP contribution in [0.3, 0.4) is 0 Å². The van der Waals surface area contributed by atoms with Gasteiger partial charge in [-0.05, 0) is 18.2 Å². The Hall–Kier alpha value is -1.29. The zero-order valence-corrected chi connectivity index (χ0v) is 12.2. The van der Waals surface area contributed by atoms with Crippen molar-refractivity contribution < 1.29 is 0 Å². The Labute approximate surface area is 125 Å². The third-order valence-electron chi connectivity index (χ3n) is 2.78. The lowest BCUT2D eigenvalue weighted by molar-refractivity contribution is 1.18. The first-order chi connectivity index (χ1) is 9.24. The van der Waals surface area contributed by atoms with Crippen molar-refractivity contribution in [1.82, 2.24) is 4.98 Å². The van der Waals surface area contributed by atoms with E-state index in [1.807, 2.05) is 24.3 Å². The molecule has 0 atom stereocenters. The molecule has 3 aromatic rings. The number of thiophene rings is 1. The largest absolute Gasteiger partial charge is 0.380 e. The van der Waals surface area contributed by atoms with E-state index in [2.05, 4.69) is 16.4 Å². The number of benzene rings is 1. The van der Waals surface area contributed by atoms with Crippen LogP contribution in [-0.2, 0) is 6.54 Å². The van der Waals surface area contributed by atoms with Crippen molar-refractivity contribution in [2.75, 3.05) is 5.32 Å². The lowest BCUT2D eigenvalue weighted by atomic mass is 10.2. The molecule has 0 bridgehead atoms. The average Bonchev–Trinajstić information content (AvgIpc) is 2.74. The number of nitrogens with zero attached hydrogens (tertiary/aromatic N) is 1. The molecular formula is C14H10Cl2N2S. The lowest BCUT2D eigenvalue weighted by Gasteiger charge is -2.05. The van der Waals surface area contributed by atoms with Gasteiger partial charge in [-0.1, -0.05) is 41.4 Å². The van der Waals surface area contributed by atoms with E-state index in [1.165, 1.54) is 4.70 Å². The van der Waals surface area contributed by atoms with Gasteiger partial charge in [-0.15, -0.1) is 11.3 Å². The van der Waals surface area contributed by atoms with Gasteiger partial charge < -0.3 is 5.32 Å². The second kappa shape index (κ2) is 5.37. The van der Waals surface area contributed by atoms with Crippen LogP contribution in [0.4, 0.5) is 5.69 Å². The molecule has 0 spiro atoms. The van der Waals surface area contributed by atoms with Crippen molar-refractivity contribution in [3.05, 3.63) is 57.6 Å². The molecule has 0 saturated heterocycles. The third kappa shape index (κ3) is 2.68. The fourth-order valence-corrected chi connectivity index (χ4v) is 3.49. The van der Waals surface area contributed by atoms with E-state index in [9.17, 15) is 0 Å². The van der Waals surface area contributed by atoms with Gasteiger partial charge in [0.25, 0.3) is 0 Å². The zero-order valence-electron chi connectivity index (χ0n) is 9.86. The highest BCUT2D eigenvalue weighted by Gasteiger charge is 2.09. The standard InChI is InChI=1S/C14H10Cl2N2S/c15-13-7-9(5-6-17-13)18-8-12-14(16)10-3-1-2-4-11(10)19-12/h1-7H,8H2,(H,17,18). The first-order valence-corrected chi connectivity index (χ1v) is 7.32. The molecule has 0 aliphatic heterocycles. The maximum atomic E-state index is 6.39. The normalized spacial score (nSPS) is 10.8. The van der Waals surface area contributed by atoms with Gasteiger partial charge >= 0.3 is 0 Å². The summed E-state index contributed by atoms with van der Waals surface area (Å²) in [6.07, 6.45) is 1.68. The summed E-state index contributed by atoms with van der Waals surface area (Å²) in [7, 11) is 0. The van der Waals surface area contributed by atoms with Crippen molar-refractivity contribution >= 4 is 50.3 Å². The van der Waals surface area contributed by atoms with E-state index < -0.39 is 0 Å². The van der Waals surface area contributed by atoms with Gasteiger partial charge in [0.2, 0.25) is 0 Å². The number of anilines is 1. The minimum Gasteiger partial charge on any atom is -0.380 e. The molecule has 3 rings (SSSR count). The topological polar surface area (TPSA) is 24.9 Å². The molecular weight excluding hydrogens is 299 g/mol. The van der Waals surface area contributed by atoms with Gasteiger partial charge in [0.05, 0.1) is 11.6 Å². The minimum absolute atomic E-state index is 0.479. The van der Waals surface area contributed by atoms with Crippen LogP contribution in [0.5, 0.6) is 0 Å².